The van der Waals surface area contributed by atoms with Gasteiger partial charge in [0.2, 0.25) is 0 Å². The lowest BCUT2D eigenvalue weighted by Crippen LogP contribution is -2.13. The molecule has 0 amide bonds. The highest BCUT2D eigenvalue weighted by molar-refractivity contribution is 5.88. The Balaban J connectivity index is 2.60. The maximum atomic E-state index is 11.2. The summed E-state index contributed by atoms with van der Waals surface area (Å²) < 4.78 is 4.63. The van der Waals surface area contributed by atoms with Crippen molar-refractivity contribution in [2.24, 2.45) is 5.92 Å². The van der Waals surface area contributed by atoms with Gasteiger partial charge in [0.05, 0.1) is 7.11 Å². The highest BCUT2D eigenvalue weighted by Gasteiger charge is 2.15. The fraction of sp³-hybridized carbons (Fsp3) is 0.308. The van der Waals surface area contributed by atoms with E-state index in [9.17, 15) is 4.79 Å². The molecule has 0 radical (unpaired) electrons. The third-order valence-electron chi connectivity index (χ3n) is 2.43. The van der Waals surface area contributed by atoms with E-state index in [2.05, 4.69) is 11.3 Å². The molecule has 0 heterocycles. The quantitative estimate of drug-likeness (QED) is 0.556. The number of methoxy groups -OCH3 is 1. The highest BCUT2D eigenvalue weighted by atomic mass is 16.5. The zero-order chi connectivity index (χ0) is 11.3. The molecule has 1 aromatic carbocycles. The molecule has 2 nitrogen and oxygen atoms in total. The molecule has 0 aromatic heterocycles. The molecule has 1 rings (SSSR count). The smallest absolute Gasteiger partial charge is 0.333 e. The normalized spacial score (nSPS) is 11.9. The standard InChI is InChI=1S/C13H16O2/c1-10(11(2)13(14)15-3)9-12-7-5-4-6-8-12/h4-8,10H,2,9H2,1,3H3. The third kappa shape index (κ3) is 3.24. The topological polar surface area (TPSA) is 26.3 Å². The van der Waals surface area contributed by atoms with Crippen molar-refractivity contribution < 1.29 is 9.53 Å². The van der Waals surface area contributed by atoms with Gasteiger partial charge in [-0.15, -0.1) is 0 Å². The fourth-order valence-electron chi connectivity index (χ4n) is 1.42. The van der Waals surface area contributed by atoms with E-state index in [0.717, 1.165) is 6.42 Å². The van der Waals surface area contributed by atoms with Crippen LogP contribution in [0.5, 0.6) is 0 Å². The summed E-state index contributed by atoms with van der Waals surface area (Å²) in [5.74, 6) is -0.210. The Morgan fingerprint density at radius 2 is 2.00 bits per heavy atom. The van der Waals surface area contributed by atoms with Crippen LogP contribution in [0.25, 0.3) is 0 Å². The minimum absolute atomic E-state index is 0.111. The van der Waals surface area contributed by atoms with Gasteiger partial charge in [0.25, 0.3) is 0 Å². The summed E-state index contributed by atoms with van der Waals surface area (Å²) in [5, 5.41) is 0. The minimum atomic E-state index is -0.321. The summed E-state index contributed by atoms with van der Waals surface area (Å²) in [7, 11) is 1.38. The number of rotatable bonds is 4. The number of ether oxygens (including phenoxy) is 1. The second-order valence-corrected chi connectivity index (χ2v) is 3.61. The maximum Gasteiger partial charge on any atom is 0.333 e. The maximum absolute atomic E-state index is 11.2. The molecule has 0 aliphatic rings. The van der Waals surface area contributed by atoms with Gasteiger partial charge in [0.1, 0.15) is 0 Å². The summed E-state index contributed by atoms with van der Waals surface area (Å²) in [5.41, 5.74) is 1.73. The molecule has 0 N–H and O–H groups in total. The molecule has 0 aliphatic carbocycles. The van der Waals surface area contributed by atoms with Gasteiger partial charge in [-0.05, 0) is 17.9 Å². The van der Waals surface area contributed by atoms with E-state index < -0.39 is 0 Å². The number of carbonyl (C=O) groups is 1. The summed E-state index contributed by atoms with van der Waals surface area (Å²) in [6, 6.07) is 10.0. The Morgan fingerprint density at radius 1 is 1.40 bits per heavy atom. The number of hydrogen-bond donors (Lipinski definition) is 0. The molecule has 0 fully saturated rings. The average Bonchev–Trinajstić information content (AvgIpc) is 2.28. The van der Waals surface area contributed by atoms with E-state index in [0.29, 0.717) is 5.57 Å². The summed E-state index contributed by atoms with van der Waals surface area (Å²) in [6.45, 7) is 5.73. The van der Waals surface area contributed by atoms with Crippen molar-refractivity contribution in [3.05, 3.63) is 48.0 Å². The zero-order valence-electron chi connectivity index (χ0n) is 9.19. The molecule has 0 spiro atoms. The van der Waals surface area contributed by atoms with Gasteiger partial charge >= 0.3 is 5.97 Å². The van der Waals surface area contributed by atoms with Crippen molar-refractivity contribution in [3.8, 4) is 0 Å². The first-order valence-electron chi connectivity index (χ1n) is 4.96. The molecule has 0 bridgehead atoms. The van der Waals surface area contributed by atoms with Crippen LogP contribution >= 0.6 is 0 Å². The Bertz CT molecular complexity index is 341. The van der Waals surface area contributed by atoms with Crippen LogP contribution in [0.15, 0.2) is 42.5 Å². The molecule has 15 heavy (non-hydrogen) atoms. The fourth-order valence-corrected chi connectivity index (χ4v) is 1.42. The van der Waals surface area contributed by atoms with Crippen LogP contribution < -0.4 is 0 Å². The average molecular weight is 204 g/mol. The van der Waals surface area contributed by atoms with E-state index in [1.54, 1.807) is 0 Å². The number of carbonyl (C=O) groups excluding carboxylic acids is 1. The van der Waals surface area contributed by atoms with Gasteiger partial charge < -0.3 is 4.74 Å². The van der Waals surface area contributed by atoms with Crippen LogP contribution in [0.1, 0.15) is 12.5 Å². The predicted molar refractivity (Wildman–Crippen MR) is 60.5 cm³/mol. The number of hydrogen-bond acceptors (Lipinski definition) is 2. The Kier molecular flexibility index (Phi) is 4.10. The third-order valence-corrected chi connectivity index (χ3v) is 2.43. The summed E-state index contributed by atoms with van der Waals surface area (Å²) >= 11 is 0. The zero-order valence-corrected chi connectivity index (χ0v) is 9.19. The number of benzene rings is 1. The first-order valence-corrected chi connectivity index (χ1v) is 4.96. The van der Waals surface area contributed by atoms with Crippen LogP contribution in [-0.2, 0) is 16.0 Å². The predicted octanol–water partition coefficient (Wildman–Crippen LogP) is 2.59. The Labute approximate surface area is 90.6 Å². The monoisotopic (exact) mass is 204 g/mol. The summed E-state index contributed by atoms with van der Waals surface area (Å²) in [6.07, 6.45) is 0.814. The van der Waals surface area contributed by atoms with Crippen LogP contribution in [0.3, 0.4) is 0 Å². The van der Waals surface area contributed by atoms with Gasteiger partial charge in [0, 0.05) is 5.57 Å². The minimum Gasteiger partial charge on any atom is -0.466 e. The SMILES string of the molecule is C=C(C(=O)OC)C(C)Cc1ccccc1. The molecule has 0 saturated heterocycles. The van der Waals surface area contributed by atoms with Gasteiger partial charge in [-0.2, -0.15) is 0 Å². The van der Waals surface area contributed by atoms with Gasteiger partial charge in [-0.1, -0.05) is 43.8 Å². The lowest BCUT2D eigenvalue weighted by molar-refractivity contribution is -0.136. The second-order valence-electron chi connectivity index (χ2n) is 3.61. The second kappa shape index (κ2) is 5.35. The van der Waals surface area contributed by atoms with E-state index in [1.807, 2.05) is 37.3 Å². The molecule has 1 aromatic rings. The highest BCUT2D eigenvalue weighted by Crippen LogP contribution is 2.16. The van der Waals surface area contributed by atoms with Crippen molar-refractivity contribution in [3.63, 3.8) is 0 Å². The van der Waals surface area contributed by atoms with E-state index in [1.165, 1.54) is 12.7 Å². The molecular formula is C13H16O2. The first kappa shape index (κ1) is 11.5. The molecule has 0 aliphatic heterocycles. The molecular weight excluding hydrogens is 188 g/mol. The van der Waals surface area contributed by atoms with Gasteiger partial charge in [-0.3, -0.25) is 0 Å². The van der Waals surface area contributed by atoms with E-state index >= 15 is 0 Å². The van der Waals surface area contributed by atoms with Crippen molar-refractivity contribution in [1.82, 2.24) is 0 Å². The molecule has 0 saturated carbocycles. The van der Waals surface area contributed by atoms with Crippen molar-refractivity contribution >= 4 is 5.97 Å². The van der Waals surface area contributed by atoms with Crippen molar-refractivity contribution in [2.45, 2.75) is 13.3 Å². The Morgan fingerprint density at radius 3 is 2.53 bits per heavy atom. The lowest BCUT2D eigenvalue weighted by Gasteiger charge is -2.12. The number of esters is 1. The molecule has 1 atom stereocenters. The van der Waals surface area contributed by atoms with Gasteiger partial charge in [-0.25, -0.2) is 4.79 Å². The van der Waals surface area contributed by atoms with E-state index in [-0.39, 0.29) is 11.9 Å². The largest absolute Gasteiger partial charge is 0.466 e. The van der Waals surface area contributed by atoms with Crippen LogP contribution in [0.2, 0.25) is 0 Å². The summed E-state index contributed by atoms with van der Waals surface area (Å²) in [4.78, 5) is 11.2. The van der Waals surface area contributed by atoms with Crippen LogP contribution in [0, 0.1) is 5.92 Å². The Hall–Kier alpha value is -1.57. The first-order chi connectivity index (χ1) is 7.15. The molecule has 2 heteroatoms. The molecule has 1 unspecified atom stereocenters. The lowest BCUT2D eigenvalue weighted by atomic mass is 9.95. The molecule has 80 valence electrons. The van der Waals surface area contributed by atoms with Crippen LogP contribution in [-0.4, -0.2) is 13.1 Å². The van der Waals surface area contributed by atoms with Crippen molar-refractivity contribution in [1.29, 1.82) is 0 Å². The van der Waals surface area contributed by atoms with Gasteiger partial charge in [0.15, 0.2) is 0 Å². The van der Waals surface area contributed by atoms with E-state index in [4.69, 9.17) is 0 Å². The van der Waals surface area contributed by atoms with Crippen molar-refractivity contribution in [2.75, 3.05) is 7.11 Å². The van der Waals surface area contributed by atoms with Crippen LogP contribution in [0.4, 0.5) is 0 Å².